The molecule has 1 heterocycles. The molecule has 0 amide bonds. The average molecular weight is 286 g/mol. The van der Waals surface area contributed by atoms with Gasteiger partial charge in [-0.05, 0) is 31.9 Å². The Morgan fingerprint density at radius 1 is 1.24 bits per heavy atom. The quantitative estimate of drug-likeness (QED) is 0.621. The van der Waals surface area contributed by atoms with Crippen LogP contribution in [0.4, 0.5) is 0 Å². The van der Waals surface area contributed by atoms with Crippen LogP contribution < -0.4 is 0 Å². The first-order valence-corrected chi connectivity index (χ1v) is 6.59. The molecule has 5 nitrogen and oxygen atoms in total. The molecule has 1 aromatic rings. The van der Waals surface area contributed by atoms with Crippen LogP contribution in [0.1, 0.15) is 40.9 Å². The molecule has 5 heteroatoms. The van der Waals surface area contributed by atoms with Crippen LogP contribution in [-0.2, 0) is 19.9 Å². The number of aliphatic hydroxyl groups is 1. The zero-order valence-corrected chi connectivity index (χ0v) is 11.9. The van der Waals surface area contributed by atoms with Crippen molar-refractivity contribution in [3.8, 4) is 0 Å². The molecular formula is C16H14O5. The van der Waals surface area contributed by atoms with Crippen molar-refractivity contribution in [3.63, 3.8) is 0 Å². The largest absolute Gasteiger partial charge is 0.489 e. The highest BCUT2D eigenvalue weighted by Crippen LogP contribution is 2.43. The molecule has 1 N–H and O–H groups in total. The lowest BCUT2D eigenvalue weighted by molar-refractivity contribution is -0.118. The molecule has 21 heavy (non-hydrogen) atoms. The Kier molecular flexibility index (Phi) is 2.68. The first kappa shape index (κ1) is 13.7. The van der Waals surface area contributed by atoms with Crippen LogP contribution in [-0.4, -0.2) is 29.1 Å². The fourth-order valence-corrected chi connectivity index (χ4v) is 2.89. The Bertz CT molecular complexity index is 752. The van der Waals surface area contributed by atoms with Crippen molar-refractivity contribution in [2.24, 2.45) is 0 Å². The van der Waals surface area contributed by atoms with E-state index in [1.807, 2.05) is 0 Å². The number of carbonyl (C=O) groups is 3. The summed E-state index contributed by atoms with van der Waals surface area (Å²) in [5.41, 5.74) is 0.218. The van der Waals surface area contributed by atoms with Crippen LogP contribution in [0.15, 0.2) is 17.7 Å². The van der Waals surface area contributed by atoms with Crippen LogP contribution in [0.25, 0.3) is 5.76 Å². The summed E-state index contributed by atoms with van der Waals surface area (Å²) in [5, 5.41) is 10.4. The number of hydrogen-bond acceptors (Lipinski definition) is 5. The first-order valence-electron chi connectivity index (χ1n) is 6.59. The van der Waals surface area contributed by atoms with Crippen LogP contribution in [0.5, 0.6) is 0 Å². The SMILES string of the molecule is CC(=O)C1=C2OCC(C)(O)c3ccc(C)c(c32)C(=O)C1=O. The van der Waals surface area contributed by atoms with E-state index < -0.39 is 23.0 Å². The van der Waals surface area contributed by atoms with Gasteiger partial charge in [0.05, 0.1) is 0 Å². The van der Waals surface area contributed by atoms with Gasteiger partial charge in [-0.2, -0.15) is 0 Å². The third kappa shape index (κ3) is 1.70. The van der Waals surface area contributed by atoms with Crippen LogP contribution >= 0.6 is 0 Å². The van der Waals surface area contributed by atoms with Crippen molar-refractivity contribution in [1.82, 2.24) is 0 Å². The second-order valence-corrected chi connectivity index (χ2v) is 5.66. The summed E-state index contributed by atoms with van der Waals surface area (Å²) >= 11 is 0. The van der Waals surface area contributed by atoms with Gasteiger partial charge in [0, 0.05) is 11.1 Å². The lowest BCUT2D eigenvalue weighted by Crippen LogP contribution is -2.38. The smallest absolute Gasteiger partial charge is 0.240 e. The van der Waals surface area contributed by atoms with E-state index in [0.717, 1.165) is 0 Å². The maximum atomic E-state index is 12.3. The van der Waals surface area contributed by atoms with Crippen molar-refractivity contribution in [1.29, 1.82) is 0 Å². The molecule has 108 valence electrons. The van der Waals surface area contributed by atoms with Gasteiger partial charge in [-0.15, -0.1) is 0 Å². The maximum absolute atomic E-state index is 12.3. The highest BCUT2D eigenvalue weighted by atomic mass is 16.5. The summed E-state index contributed by atoms with van der Waals surface area (Å²) in [6.07, 6.45) is 0. The van der Waals surface area contributed by atoms with Gasteiger partial charge in [-0.3, -0.25) is 14.4 Å². The van der Waals surface area contributed by atoms with Gasteiger partial charge in [0.1, 0.15) is 23.5 Å². The number of carbonyl (C=O) groups excluding carboxylic acids is 3. The number of rotatable bonds is 1. The van der Waals surface area contributed by atoms with Crippen LogP contribution in [0.3, 0.4) is 0 Å². The molecule has 0 radical (unpaired) electrons. The van der Waals surface area contributed by atoms with E-state index in [1.54, 1.807) is 26.0 Å². The third-order valence-electron chi connectivity index (χ3n) is 3.96. The van der Waals surface area contributed by atoms with Gasteiger partial charge in [0.25, 0.3) is 0 Å². The van der Waals surface area contributed by atoms with Crippen molar-refractivity contribution in [2.75, 3.05) is 6.61 Å². The molecule has 1 atom stereocenters. The topological polar surface area (TPSA) is 80.7 Å². The van der Waals surface area contributed by atoms with E-state index in [-0.39, 0.29) is 23.5 Å². The molecule has 0 fully saturated rings. The molecule has 3 rings (SSSR count). The maximum Gasteiger partial charge on any atom is 0.240 e. The molecule has 1 unspecified atom stereocenters. The van der Waals surface area contributed by atoms with Crippen LogP contribution in [0.2, 0.25) is 0 Å². The number of ketones is 3. The Hall–Kier alpha value is -2.27. The monoisotopic (exact) mass is 286 g/mol. The molecule has 0 spiro atoms. The lowest BCUT2D eigenvalue weighted by Gasteiger charge is -2.36. The van der Waals surface area contributed by atoms with E-state index in [2.05, 4.69) is 0 Å². The van der Waals surface area contributed by atoms with Gasteiger partial charge < -0.3 is 9.84 Å². The molecule has 0 saturated heterocycles. The highest BCUT2D eigenvalue weighted by Gasteiger charge is 2.44. The number of allylic oxidation sites excluding steroid dienone is 1. The number of Topliss-reactive ketones (excluding diaryl/α,β-unsaturated/α-hetero) is 3. The van der Waals surface area contributed by atoms with Gasteiger partial charge in [0.2, 0.25) is 11.6 Å². The zero-order chi connectivity index (χ0) is 15.5. The van der Waals surface area contributed by atoms with Crippen molar-refractivity contribution >= 4 is 23.1 Å². The van der Waals surface area contributed by atoms with Crippen molar-refractivity contribution in [3.05, 3.63) is 40.0 Å². The Balaban J connectivity index is 2.48. The average Bonchev–Trinajstić information content (AvgIpc) is 2.39. The minimum absolute atomic E-state index is 0.0733. The summed E-state index contributed by atoms with van der Waals surface area (Å²) in [6, 6.07) is 3.40. The second-order valence-electron chi connectivity index (χ2n) is 5.66. The predicted octanol–water partition coefficient (Wildman–Crippen LogP) is 1.30. The summed E-state index contributed by atoms with van der Waals surface area (Å²) in [5.74, 6) is -1.96. The molecule has 0 saturated carbocycles. The van der Waals surface area contributed by atoms with E-state index in [1.165, 1.54) is 6.92 Å². The van der Waals surface area contributed by atoms with Gasteiger partial charge in [-0.25, -0.2) is 0 Å². The fraction of sp³-hybridized carbons (Fsp3) is 0.312. The molecular weight excluding hydrogens is 272 g/mol. The summed E-state index contributed by atoms with van der Waals surface area (Å²) in [6.45, 7) is 4.43. The fourth-order valence-electron chi connectivity index (χ4n) is 2.89. The summed E-state index contributed by atoms with van der Waals surface area (Å²) in [7, 11) is 0. The highest BCUT2D eigenvalue weighted by molar-refractivity contribution is 6.57. The Morgan fingerprint density at radius 3 is 2.52 bits per heavy atom. The van der Waals surface area contributed by atoms with E-state index in [9.17, 15) is 19.5 Å². The lowest BCUT2D eigenvalue weighted by atomic mass is 9.77. The number of aryl methyl sites for hydroxylation is 1. The summed E-state index contributed by atoms with van der Waals surface area (Å²) < 4.78 is 5.48. The molecule has 0 bridgehead atoms. The van der Waals surface area contributed by atoms with Gasteiger partial charge in [0.15, 0.2) is 5.78 Å². The Labute approximate surface area is 121 Å². The van der Waals surface area contributed by atoms with Crippen LogP contribution in [0, 0.1) is 6.92 Å². The number of ether oxygens (including phenoxy) is 1. The predicted molar refractivity (Wildman–Crippen MR) is 73.6 cm³/mol. The summed E-state index contributed by atoms with van der Waals surface area (Å²) in [4.78, 5) is 36.2. The molecule has 2 aliphatic rings. The Morgan fingerprint density at radius 2 is 1.90 bits per heavy atom. The standard InChI is InChI=1S/C16H14O5/c1-7-4-5-9-12-10(7)13(18)14(19)11(8(2)17)15(12)21-6-16(9,3)20/h4-5,20H,6H2,1-3H3. The number of benzene rings is 1. The zero-order valence-electron chi connectivity index (χ0n) is 11.9. The van der Waals surface area contributed by atoms with E-state index in [0.29, 0.717) is 16.7 Å². The van der Waals surface area contributed by atoms with E-state index >= 15 is 0 Å². The first-order chi connectivity index (χ1) is 9.75. The molecule has 1 aliphatic carbocycles. The van der Waals surface area contributed by atoms with Crippen molar-refractivity contribution < 1.29 is 24.2 Å². The molecule has 1 aliphatic heterocycles. The minimum Gasteiger partial charge on any atom is -0.489 e. The third-order valence-corrected chi connectivity index (χ3v) is 3.96. The van der Waals surface area contributed by atoms with E-state index in [4.69, 9.17) is 4.74 Å². The molecule has 1 aromatic carbocycles. The van der Waals surface area contributed by atoms with Crippen molar-refractivity contribution in [2.45, 2.75) is 26.4 Å². The molecule has 0 aromatic heterocycles. The second kappa shape index (κ2) is 4.11. The number of hydrogen-bond donors (Lipinski definition) is 1. The minimum atomic E-state index is -1.27. The van der Waals surface area contributed by atoms with Gasteiger partial charge in [-0.1, -0.05) is 12.1 Å². The van der Waals surface area contributed by atoms with Gasteiger partial charge >= 0.3 is 0 Å². The normalized spacial score (nSPS) is 23.8.